The van der Waals surface area contributed by atoms with E-state index in [9.17, 15) is 19.5 Å². The fourth-order valence-electron chi connectivity index (χ4n) is 6.90. The monoisotopic (exact) mass is 534 g/mol. The van der Waals surface area contributed by atoms with Gasteiger partial charge in [-0.2, -0.15) is 0 Å². The van der Waals surface area contributed by atoms with Gasteiger partial charge in [0.05, 0.1) is 35.6 Å². The average Bonchev–Trinajstić information content (AvgIpc) is 3.46. The molecule has 2 fully saturated rings. The van der Waals surface area contributed by atoms with Gasteiger partial charge in [-0.1, -0.05) is 48.6 Å². The zero-order valence-corrected chi connectivity index (χ0v) is 22.4. The van der Waals surface area contributed by atoms with E-state index in [1.54, 1.807) is 21.4 Å². The Hall–Kier alpha value is -3.57. The van der Waals surface area contributed by atoms with Crippen LogP contribution in [0.5, 0.6) is 0 Å². The van der Waals surface area contributed by atoms with Crippen molar-refractivity contribution in [2.45, 2.75) is 57.1 Å². The fraction of sp³-hybridized carbons (Fsp3) is 0.536. The van der Waals surface area contributed by atoms with Crippen molar-refractivity contribution in [1.82, 2.24) is 29.7 Å². The normalized spacial score (nSPS) is 32.9. The number of benzene rings is 1. The molecule has 1 N–H and O–H groups in total. The molecule has 6 atom stereocenters. The van der Waals surface area contributed by atoms with Gasteiger partial charge in [0.25, 0.3) is 5.91 Å². The van der Waals surface area contributed by atoms with Crippen LogP contribution in [0.2, 0.25) is 0 Å². The molecule has 39 heavy (non-hydrogen) atoms. The van der Waals surface area contributed by atoms with Crippen LogP contribution in [0.25, 0.3) is 11.0 Å². The number of nitrogens with zero attached hydrogens (tertiary/aromatic N) is 6. The van der Waals surface area contributed by atoms with E-state index in [4.69, 9.17) is 4.74 Å². The summed E-state index contributed by atoms with van der Waals surface area (Å²) in [7, 11) is 0. The van der Waals surface area contributed by atoms with Crippen LogP contribution in [0.3, 0.4) is 0 Å². The Morgan fingerprint density at radius 1 is 1.05 bits per heavy atom. The van der Waals surface area contributed by atoms with Crippen LogP contribution in [0, 0.1) is 11.8 Å². The summed E-state index contributed by atoms with van der Waals surface area (Å²) in [5.74, 6) is -2.51. The molecule has 206 valence electrons. The molecular formula is C28H34N6O5. The van der Waals surface area contributed by atoms with Gasteiger partial charge in [0.2, 0.25) is 11.8 Å². The van der Waals surface area contributed by atoms with Crippen molar-refractivity contribution in [3.8, 4) is 0 Å². The highest BCUT2D eigenvalue weighted by molar-refractivity contribution is 6.00. The third-order valence-corrected chi connectivity index (χ3v) is 8.62. The third-order valence-electron chi connectivity index (χ3n) is 8.62. The Morgan fingerprint density at radius 3 is 2.56 bits per heavy atom. The van der Waals surface area contributed by atoms with Crippen LogP contribution in [0.1, 0.15) is 27.2 Å². The number of ether oxygens (including phenoxy) is 1. The molecule has 0 radical (unpaired) electrons. The Bertz CT molecular complexity index is 1390. The number of likely N-dealkylation sites (tertiary alicyclic amines) is 1. The maximum Gasteiger partial charge on any atom is 0.250 e. The molecule has 0 saturated carbocycles. The van der Waals surface area contributed by atoms with Crippen molar-refractivity contribution >= 4 is 28.8 Å². The van der Waals surface area contributed by atoms with E-state index in [1.807, 2.05) is 62.4 Å². The number of rotatable bonds is 6. The summed E-state index contributed by atoms with van der Waals surface area (Å²) in [5, 5.41) is 18.6. The van der Waals surface area contributed by atoms with E-state index in [2.05, 4.69) is 10.3 Å². The average molecular weight is 535 g/mol. The molecule has 11 nitrogen and oxygen atoms in total. The number of aliphatic hydroxyl groups excluding tert-OH is 1. The van der Waals surface area contributed by atoms with E-state index < -0.39 is 35.1 Å². The van der Waals surface area contributed by atoms with Gasteiger partial charge in [-0.15, -0.1) is 5.10 Å². The highest BCUT2D eigenvalue weighted by Crippen LogP contribution is 2.57. The molecule has 5 heterocycles. The number of carbonyl (C=O) groups is 3. The number of para-hydroxylation sites is 1. The van der Waals surface area contributed by atoms with Crippen molar-refractivity contribution in [1.29, 1.82) is 0 Å². The second-order valence-corrected chi connectivity index (χ2v) is 11.1. The van der Waals surface area contributed by atoms with Gasteiger partial charge in [0, 0.05) is 19.6 Å². The zero-order chi connectivity index (χ0) is 27.5. The molecule has 2 aromatic rings. The molecule has 1 spiro atoms. The van der Waals surface area contributed by atoms with Crippen LogP contribution in [-0.2, 0) is 25.8 Å². The molecule has 11 heteroatoms. The number of amides is 3. The van der Waals surface area contributed by atoms with Gasteiger partial charge in [-0.3, -0.25) is 14.4 Å². The van der Waals surface area contributed by atoms with Crippen molar-refractivity contribution in [3.05, 3.63) is 48.6 Å². The number of aromatic nitrogens is 3. The lowest BCUT2D eigenvalue weighted by molar-refractivity contribution is -0.156. The Morgan fingerprint density at radius 2 is 1.79 bits per heavy atom. The van der Waals surface area contributed by atoms with Gasteiger partial charge < -0.3 is 24.5 Å². The predicted molar refractivity (Wildman–Crippen MR) is 141 cm³/mol. The first kappa shape index (κ1) is 25.7. The van der Waals surface area contributed by atoms with Crippen LogP contribution < -0.4 is 0 Å². The molecule has 1 aromatic heterocycles. The maximum absolute atomic E-state index is 14.4. The lowest BCUT2D eigenvalue weighted by Crippen LogP contribution is -2.58. The lowest BCUT2D eigenvalue weighted by Gasteiger charge is -2.39. The summed E-state index contributed by atoms with van der Waals surface area (Å²) in [6, 6.07) is 5.81. The van der Waals surface area contributed by atoms with Crippen molar-refractivity contribution in [3.63, 3.8) is 0 Å². The molecule has 4 aliphatic heterocycles. The zero-order valence-electron chi connectivity index (χ0n) is 22.4. The van der Waals surface area contributed by atoms with E-state index in [0.717, 1.165) is 11.9 Å². The minimum Gasteiger partial charge on any atom is -0.394 e. The minimum atomic E-state index is -1.36. The summed E-state index contributed by atoms with van der Waals surface area (Å²) >= 11 is 0. The second kappa shape index (κ2) is 9.27. The lowest BCUT2D eigenvalue weighted by atomic mass is 9.74. The van der Waals surface area contributed by atoms with Gasteiger partial charge >= 0.3 is 0 Å². The number of carbonyl (C=O) groups excluding carboxylic acids is 3. The van der Waals surface area contributed by atoms with Crippen LogP contribution in [0.4, 0.5) is 0 Å². The second-order valence-electron chi connectivity index (χ2n) is 11.1. The molecular weight excluding hydrogens is 500 g/mol. The Kier molecular flexibility index (Phi) is 6.11. The number of hydrogen-bond donors (Lipinski definition) is 1. The molecule has 3 amide bonds. The summed E-state index contributed by atoms with van der Waals surface area (Å²) in [5.41, 5.74) is -0.916. The van der Waals surface area contributed by atoms with Gasteiger partial charge in [-0.25, -0.2) is 4.68 Å². The molecule has 1 unspecified atom stereocenters. The first-order valence-electron chi connectivity index (χ1n) is 13.6. The molecule has 0 aliphatic carbocycles. The quantitative estimate of drug-likeness (QED) is 0.548. The van der Waals surface area contributed by atoms with E-state index in [1.165, 1.54) is 4.90 Å². The SMILES string of the molecule is CCCN1CC=C[C@@]2(C)O[C@]34C=CCN(Cn5nnc6ccccc65)C(=O)C3N([C@H](C)CO)C(=O)[C@@H]4[C@H]2C1=O. The highest BCUT2D eigenvalue weighted by Gasteiger charge is 2.75. The highest BCUT2D eigenvalue weighted by atomic mass is 16.5. The van der Waals surface area contributed by atoms with Crippen LogP contribution >= 0.6 is 0 Å². The van der Waals surface area contributed by atoms with Crippen molar-refractivity contribution in [2.75, 3.05) is 26.2 Å². The maximum atomic E-state index is 14.4. The summed E-state index contributed by atoms with van der Waals surface area (Å²) in [4.78, 5) is 47.4. The number of hydrogen-bond acceptors (Lipinski definition) is 7. The minimum absolute atomic E-state index is 0.125. The predicted octanol–water partition coefficient (Wildman–Crippen LogP) is 0.947. The molecule has 1 aromatic carbocycles. The van der Waals surface area contributed by atoms with Gasteiger partial charge in [-0.05, 0) is 32.4 Å². The largest absolute Gasteiger partial charge is 0.394 e. The number of aliphatic hydroxyl groups is 1. The fourth-order valence-corrected chi connectivity index (χ4v) is 6.90. The van der Waals surface area contributed by atoms with E-state index >= 15 is 0 Å². The summed E-state index contributed by atoms with van der Waals surface area (Å²) in [6.45, 7) is 6.64. The molecule has 2 saturated heterocycles. The number of fused-ring (bicyclic) bond motifs is 3. The van der Waals surface area contributed by atoms with Crippen LogP contribution in [-0.4, -0.2) is 102 Å². The smallest absolute Gasteiger partial charge is 0.250 e. The molecule has 6 rings (SSSR count). The van der Waals surface area contributed by atoms with E-state index in [-0.39, 0.29) is 37.5 Å². The van der Waals surface area contributed by atoms with Crippen molar-refractivity contribution in [2.24, 2.45) is 11.8 Å². The van der Waals surface area contributed by atoms with Crippen LogP contribution in [0.15, 0.2) is 48.6 Å². The summed E-state index contributed by atoms with van der Waals surface area (Å²) in [6.07, 6.45) is 8.24. The standard InChI is InChI=1S/C28H34N6O5/c1-4-13-31-14-7-11-27(3)21(24(31)36)22-25(37)34(18(2)16-35)23-26(38)32(15-8-12-28(22,23)39-27)17-33-20-10-6-5-9-19(20)29-30-33/h5-12,18,21-23,35H,4,13-17H2,1-3H3/t18-,21+,22+,23?,27-,28+/m1/s1. The van der Waals surface area contributed by atoms with Gasteiger partial charge in [0.15, 0.2) is 0 Å². The van der Waals surface area contributed by atoms with Crippen molar-refractivity contribution < 1.29 is 24.2 Å². The third kappa shape index (κ3) is 3.66. The Labute approximate surface area is 226 Å². The molecule has 0 bridgehead atoms. The van der Waals surface area contributed by atoms with Gasteiger partial charge in [0.1, 0.15) is 23.8 Å². The Balaban J connectivity index is 1.43. The first-order chi connectivity index (χ1) is 18.8. The first-order valence-corrected chi connectivity index (χ1v) is 13.6. The molecule has 4 aliphatic rings. The summed E-state index contributed by atoms with van der Waals surface area (Å²) < 4.78 is 8.45. The topological polar surface area (TPSA) is 121 Å². The van der Waals surface area contributed by atoms with E-state index in [0.29, 0.717) is 18.6 Å².